The highest BCUT2D eigenvalue weighted by Gasteiger charge is 2.24. The number of halogens is 2. The molecule has 1 aliphatic carbocycles. The van der Waals surface area contributed by atoms with Crippen LogP contribution in [0.2, 0.25) is 0 Å². The molecule has 0 radical (unpaired) electrons. The summed E-state index contributed by atoms with van der Waals surface area (Å²) >= 11 is 0. The van der Waals surface area contributed by atoms with E-state index in [0.29, 0.717) is 11.5 Å². The Morgan fingerprint density at radius 2 is 1.56 bits per heavy atom. The molecular formula is C15H22F2O. The molecule has 0 aromatic heterocycles. The number of phenols is 1. The minimum absolute atomic E-state index is 0.103. The standard InChI is InChI=1S/C13H16F2O.C2H6/c1-8-2-4-9(5-3-8)10-6-7-11(16)13(15)12(10)14;1-2/h6-9,16H,2-5H2,1H3;1-2H3. The maximum Gasteiger partial charge on any atom is 0.200 e. The highest BCUT2D eigenvalue weighted by Crippen LogP contribution is 2.38. The summed E-state index contributed by atoms with van der Waals surface area (Å²) in [5, 5.41) is 9.05. The van der Waals surface area contributed by atoms with Crippen LogP contribution >= 0.6 is 0 Å². The van der Waals surface area contributed by atoms with Crippen LogP contribution in [0, 0.1) is 17.6 Å². The van der Waals surface area contributed by atoms with Gasteiger partial charge in [0.2, 0.25) is 5.82 Å². The third-order valence-electron chi connectivity index (χ3n) is 3.55. The fraction of sp³-hybridized carbons (Fsp3) is 0.600. The van der Waals surface area contributed by atoms with Gasteiger partial charge in [-0.25, -0.2) is 4.39 Å². The quantitative estimate of drug-likeness (QED) is 0.750. The van der Waals surface area contributed by atoms with Crippen molar-refractivity contribution in [2.75, 3.05) is 0 Å². The van der Waals surface area contributed by atoms with Crippen molar-refractivity contribution in [2.24, 2.45) is 5.92 Å². The molecule has 0 aliphatic heterocycles. The van der Waals surface area contributed by atoms with Gasteiger partial charge in [0.15, 0.2) is 11.6 Å². The summed E-state index contributed by atoms with van der Waals surface area (Å²) < 4.78 is 26.8. The molecule has 1 saturated carbocycles. The van der Waals surface area contributed by atoms with Gasteiger partial charge in [-0.05, 0) is 36.3 Å². The molecule has 0 unspecified atom stereocenters. The van der Waals surface area contributed by atoms with Crippen LogP contribution in [-0.4, -0.2) is 5.11 Å². The second-order valence-electron chi connectivity index (χ2n) is 4.76. The lowest BCUT2D eigenvalue weighted by Crippen LogP contribution is -2.12. The van der Waals surface area contributed by atoms with E-state index in [1.165, 1.54) is 12.1 Å². The summed E-state index contributed by atoms with van der Waals surface area (Å²) in [6.45, 7) is 6.18. The fourth-order valence-corrected chi connectivity index (χ4v) is 2.44. The van der Waals surface area contributed by atoms with E-state index in [4.69, 9.17) is 5.11 Å². The number of benzene rings is 1. The summed E-state index contributed by atoms with van der Waals surface area (Å²) in [5.41, 5.74) is 0.419. The minimum atomic E-state index is -1.11. The molecule has 0 bridgehead atoms. The SMILES string of the molecule is CC.CC1CCC(c2ccc(O)c(F)c2F)CC1. The Bertz CT molecular complexity index is 382. The molecule has 18 heavy (non-hydrogen) atoms. The zero-order valence-corrected chi connectivity index (χ0v) is 11.3. The molecule has 1 aliphatic rings. The van der Waals surface area contributed by atoms with Crippen molar-refractivity contribution in [1.29, 1.82) is 0 Å². The molecule has 1 nitrogen and oxygen atoms in total. The summed E-state index contributed by atoms with van der Waals surface area (Å²) in [6, 6.07) is 2.75. The second-order valence-corrected chi connectivity index (χ2v) is 4.76. The zero-order chi connectivity index (χ0) is 13.7. The Hall–Kier alpha value is -1.12. The van der Waals surface area contributed by atoms with E-state index in [1.54, 1.807) is 0 Å². The summed E-state index contributed by atoms with van der Waals surface area (Å²) in [4.78, 5) is 0. The third kappa shape index (κ3) is 3.21. The minimum Gasteiger partial charge on any atom is -0.505 e. The van der Waals surface area contributed by atoms with Gasteiger partial charge >= 0.3 is 0 Å². The van der Waals surface area contributed by atoms with Crippen LogP contribution in [-0.2, 0) is 0 Å². The molecule has 0 amide bonds. The molecule has 0 atom stereocenters. The van der Waals surface area contributed by atoms with Gasteiger partial charge in [0.05, 0.1) is 0 Å². The van der Waals surface area contributed by atoms with Gasteiger partial charge in [-0.15, -0.1) is 0 Å². The van der Waals surface area contributed by atoms with Crippen molar-refractivity contribution >= 4 is 0 Å². The molecule has 0 spiro atoms. The van der Waals surface area contributed by atoms with Crippen molar-refractivity contribution in [1.82, 2.24) is 0 Å². The maximum absolute atomic E-state index is 13.6. The van der Waals surface area contributed by atoms with Gasteiger partial charge < -0.3 is 5.11 Å². The van der Waals surface area contributed by atoms with E-state index in [-0.39, 0.29) is 5.92 Å². The van der Waals surface area contributed by atoms with Gasteiger partial charge in [0.25, 0.3) is 0 Å². The first kappa shape index (κ1) is 14.9. The van der Waals surface area contributed by atoms with E-state index >= 15 is 0 Å². The summed E-state index contributed by atoms with van der Waals surface area (Å²) in [6.07, 6.45) is 3.93. The average Bonchev–Trinajstić information content (AvgIpc) is 2.40. The fourth-order valence-electron chi connectivity index (χ4n) is 2.44. The highest BCUT2D eigenvalue weighted by molar-refractivity contribution is 5.32. The van der Waals surface area contributed by atoms with Crippen LogP contribution in [0.3, 0.4) is 0 Å². The third-order valence-corrected chi connectivity index (χ3v) is 3.55. The average molecular weight is 256 g/mol. The van der Waals surface area contributed by atoms with E-state index < -0.39 is 17.4 Å². The number of hydrogen-bond donors (Lipinski definition) is 1. The van der Waals surface area contributed by atoms with Gasteiger partial charge in [-0.1, -0.05) is 39.7 Å². The monoisotopic (exact) mass is 256 g/mol. The van der Waals surface area contributed by atoms with Gasteiger partial charge in [0.1, 0.15) is 0 Å². The summed E-state index contributed by atoms with van der Waals surface area (Å²) in [5.74, 6) is -1.81. The second kappa shape index (κ2) is 6.72. The predicted molar refractivity (Wildman–Crippen MR) is 69.7 cm³/mol. The summed E-state index contributed by atoms with van der Waals surface area (Å²) in [7, 11) is 0. The number of phenolic OH excluding ortho intramolecular Hbond substituents is 1. The molecule has 1 aromatic carbocycles. The van der Waals surface area contributed by atoms with Gasteiger partial charge in [-0.2, -0.15) is 4.39 Å². The van der Waals surface area contributed by atoms with Crippen LogP contribution in [0.4, 0.5) is 8.78 Å². The van der Waals surface area contributed by atoms with E-state index in [9.17, 15) is 8.78 Å². The first-order valence-corrected chi connectivity index (χ1v) is 6.76. The molecule has 2 rings (SSSR count). The molecule has 1 aromatic rings. The Kier molecular flexibility index (Phi) is 5.57. The normalized spacial score (nSPS) is 23.2. The smallest absolute Gasteiger partial charge is 0.200 e. The van der Waals surface area contributed by atoms with Crippen LogP contribution < -0.4 is 0 Å². The van der Waals surface area contributed by atoms with Crippen LogP contribution in [0.5, 0.6) is 5.75 Å². The molecule has 0 heterocycles. The van der Waals surface area contributed by atoms with E-state index in [2.05, 4.69) is 6.92 Å². The van der Waals surface area contributed by atoms with Crippen molar-refractivity contribution in [2.45, 2.75) is 52.4 Å². The van der Waals surface area contributed by atoms with Crippen molar-refractivity contribution in [3.8, 4) is 5.75 Å². The van der Waals surface area contributed by atoms with E-state index in [1.807, 2.05) is 13.8 Å². The lowest BCUT2D eigenvalue weighted by molar-refractivity contribution is 0.336. The number of hydrogen-bond acceptors (Lipinski definition) is 1. The van der Waals surface area contributed by atoms with E-state index in [0.717, 1.165) is 25.7 Å². The molecule has 1 N–H and O–H groups in total. The highest BCUT2D eigenvalue weighted by atomic mass is 19.2. The zero-order valence-electron chi connectivity index (χ0n) is 11.3. The molecular weight excluding hydrogens is 234 g/mol. The predicted octanol–water partition coefficient (Wildman–Crippen LogP) is 4.99. The molecule has 1 fully saturated rings. The Morgan fingerprint density at radius 3 is 2.11 bits per heavy atom. The van der Waals surface area contributed by atoms with Crippen molar-refractivity contribution in [3.05, 3.63) is 29.3 Å². The molecule has 3 heteroatoms. The van der Waals surface area contributed by atoms with Gasteiger partial charge in [0, 0.05) is 0 Å². The van der Waals surface area contributed by atoms with Crippen LogP contribution in [0.1, 0.15) is 57.9 Å². The molecule has 102 valence electrons. The van der Waals surface area contributed by atoms with Gasteiger partial charge in [-0.3, -0.25) is 0 Å². The Morgan fingerprint density at radius 1 is 1.00 bits per heavy atom. The first-order valence-electron chi connectivity index (χ1n) is 6.76. The topological polar surface area (TPSA) is 20.2 Å². The lowest BCUT2D eigenvalue weighted by atomic mass is 9.79. The Labute approximate surface area is 108 Å². The molecule has 0 saturated heterocycles. The first-order chi connectivity index (χ1) is 8.59. The number of aromatic hydroxyl groups is 1. The Balaban J connectivity index is 0.000000771. The maximum atomic E-state index is 13.6. The van der Waals surface area contributed by atoms with Crippen molar-refractivity contribution < 1.29 is 13.9 Å². The van der Waals surface area contributed by atoms with Crippen LogP contribution in [0.25, 0.3) is 0 Å². The largest absolute Gasteiger partial charge is 0.505 e. The van der Waals surface area contributed by atoms with Crippen LogP contribution in [0.15, 0.2) is 12.1 Å². The van der Waals surface area contributed by atoms with Crippen molar-refractivity contribution in [3.63, 3.8) is 0 Å². The number of rotatable bonds is 1. The lowest BCUT2D eigenvalue weighted by Gasteiger charge is -2.26.